The minimum Gasteiger partial charge on any atom is -0.478 e. The average molecular weight is 330 g/mol. The normalized spacial score (nSPS) is 12.9. The zero-order valence-corrected chi connectivity index (χ0v) is 13.3. The Hall–Kier alpha value is -3.02. The summed E-state index contributed by atoms with van der Waals surface area (Å²) in [6.07, 6.45) is -3.38. The van der Waals surface area contributed by atoms with Crippen LogP contribution in [0.15, 0.2) is 48.5 Å². The lowest BCUT2D eigenvalue weighted by molar-refractivity contribution is -0.161. The van der Waals surface area contributed by atoms with E-state index in [1.54, 1.807) is 48.5 Å². The first-order chi connectivity index (χ1) is 11.4. The second kappa shape index (κ2) is 7.50. The summed E-state index contributed by atoms with van der Waals surface area (Å²) in [5, 5.41) is 18.7. The van der Waals surface area contributed by atoms with E-state index in [1.165, 1.54) is 0 Å². The van der Waals surface area contributed by atoms with Crippen molar-refractivity contribution in [2.45, 2.75) is 26.1 Å². The molecule has 0 heterocycles. The van der Waals surface area contributed by atoms with Crippen LogP contribution in [0.2, 0.25) is 0 Å². The predicted molar refractivity (Wildman–Crippen MR) is 86.5 cm³/mol. The number of carbonyl (C=O) groups is 2. The smallest absolute Gasteiger partial charge is 0.349 e. The first-order valence-corrected chi connectivity index (χ1v) is 7.29. The molecule has 0 aliphatic rings. The summed E-state index contributed by atoms with van der Waals surface area (Å²) in [7, 11) is 0. The lowest BCUT2D eigenvalue weighted by Gasteiger charge is -2.22. The highest BCUT2D eigenvalue weighted by atomic mass is 16.6. The molecule has 2 atom stereocenters. The van der Waals surface area contributed by atoms with Crippen molar-refractivity contribution in [2.75, 3.05) is 0 Å². The monoisotopic (exact) mass is 330 g/mol. The van der Waals surface area contributed by atoms with Gasteiger partial charge in [-0.15, -0.1) is 0 Å². The van der Waals surface area contributed by atoms with Gasteiger partial charge in [0, 0.05) is 0 Å². The second-order valence-corrected chi connectivity index (χ2v) is 5.38. The van der Waals surface area contributed by atoms with Crippen molar-refractivity contribution in [3.8, 4) is 11.5 Å². The van der Waals surface area contributed by atoms with E-state index in [0.717, 1.165) is 11.1 Å². The second-order valence-electron chi connectivity index (χ2n) is 5.38. The number of rotatable bonds is 7. The van der Waals surface area contributed by atoms with Crippen LogP contribution in [-0.4, -0.2) is 34.4 Å². The molecule has 126 valence electrons. The van der Waals surface area contributed by atoms with Crippen LogP contribution in [0.3, 0.4) is 0 Å². The number of hydrogen-bond acceptors (Lipinski definition) is 4. The third-order valence-corrected chi connectivity index (χ3v) is 3.33. The molecule has 2 aromatic carbocycles. The van der Waals surface area contributed by atoms with Gasteiger partial charge in [0.1, 0.15) is 11.5 Å². The van der Waals surface area contributed by atoms with Crippen molar-refractivity contribution in [2.24, 2.45) is 0 Å². The minimum absolute atomic E-state index is 0.256. The van der Waals surface area contributed by atoms with E-state index in [0.29, 0.717) is 0 Å². The molecule has 0 amide bonds. The molecule has 0 saturated carbocycles. The van der Waals surface area contributed by atoms with E-state index in [1.807, 2.05) is 13.8 Å². The number of hydrogen-bond donors (Lipinski definition) is 2. The largest absolute Gasteiger partial charge is 0.478 e. The van der Waals surface area contributed by atoms with E-state index in [2.05, 4.69) is 0 Å². The lowest BCUT2D eigenvalue weighted by atomic mass is 10.2. The third-order valence-electron chi connectivity index (χ3n) is 3.33. The molecule has 0 aliphatic heterocycles. The van der Waals surface area contributed by atoms with Gasteiger partial charge in [-0.05, 0) is 38.1 Å². The van der Waals surface area contributed by atoms with Crippen molar-refractivity contribution in [1.29, 1.82) is 0 Å². The molecule has 6 heteroatoms. The molecule has 1 unspecified atom stereocenters. The van der Waals surface area contributed by atoms with Crippen LogP contribution in [0, 0.1) is 13.8 Å². The Morgan fingerprint density at radius 3 is 1.25 bits per heavy atom. The first kappa shape index (κ1) is 17.3. The Kier molecular flexibility index (Phi) is 5.42. The van der Waals surface area contributed by atoms with Crippen LogP contribution in [0.4, 0.5) is 0 Å². The van der Waals surface area contributed by atoms with Gasteiger partial charge in [-0.3, -0.25) is 0 Å². The Morgan fingerprint density at radius 2 is 1.00 bits per heavy atom. The summed E-state index contributed by atoms with van der Waals surface area (Å²) in [5.41, 5.74) is 1.94. The maximum atomic E-state index is 11.5. The van der Waals surface area contributed by atoms with Crippen LogP contribution in [0.25, 0.3) is 0 Å². The molecule has 0 radical (unpaired) electrons. The summed E-state index contributed by atoms with van der Waals surface area (Å²) >= 11 is 0. The van der Waals surface area contributed by atoms with Gasteiger partial charge in [-0.25, -0.2) is 9.59 Å². The van der Waals surface area contributed by atoms with Crippen molar-refractivity contribution in [3.63, 3.8) is 0 Å². The quantitative estimate of drug-likeness (QED) is 0.811. The van der Waals surface area contributed by atoms with Crippen molar-refractivity contribution >= 4 is 11.9 Å². The number of ether oxygens (including phenoxy) is 2. The van der Waals surface area contributed by atoms with Gasteiger partial charge >= 0.3 is 11.9 Å². The van der Waals surface area contributed by atoms with Crippen LogP contribution < -0.4 is 9.47 Å². The van der Waals surface area contributed by atoms with Gasteiger partial charge in [-0.2, -0.15) is 0 Å². The highest BCUT2D eigenvalue weighted by Gasteiger charge is 2.38. The molecule has 0 spiro atoms. The third kappa shape index (κ3) is 4.49. The molecular formula is C18H18O6. The maximum absolute atomic E-state index is 11.5. The summed E-state index contributed by atoms with van der Waals surface area (Å²) in [6, 6.07) is 13.3. The molecule has 24 heavy (non-hydrogen) atoms. The number of aliphatic carboxylic acids is 2. The highest BCUT2D eigenvalue weighted by molar-refractivity contribution is 5.84. The van der Waals surface area contributed by atoms with Crippen molar-refractivity contribution in [3.05, 3.63) is 59.7 Å². The van der Waals surface area contributed by atoms with Gasteiger partial charge in [0.15, 0.2) is 0 Å². The SMILES string of the molecule is Cc1ccc(OC(C(=O)O)[C@H](Oc2ccc(C)cc2)C(=O)O)cc1. The standard InChI is InChI=1S/C18H18O6/c1-11-3-7-13(8-4-11)23-15(17(19)20)16(18(21)22)24-14-9-5-12(2)6-10-14/h3-10,15-16H,1-2H3,(H,19,20)(H,21,22)/t15-,16?/m0/s1. The number of aryl methyl sites for hydroxylation is 2. The molecular weight excluding hydrogens is 312 g/mol. The van der Waals surface area contributed by atoms with E-state index >= 15 is 0 Å². The molecule has 2 rings (SSSR count). The van der Waals surface area contributed by atoms with E-state index in [4.69, 9.17) is 9.47 Å². The highest BCUT2D eigenvalue weighted by Crippen LogP contribution is 2.19. The van der Waals surface area contributed by atoms with Gasteiger partial charge in [0.05, 0.1) is 0 Å². The number of carboxylic acid groups (broad SMARTS) is 2. The minimum atomic E-state index is -1.69. The van der Waals surface area contributed by atoms with Crippen LogP contribution in [0.1, 0.15) is 11.1 Å². The van der Waals surface area contributed by atoms with Crippen molar-refractivity contribution < 1.29 is 29.3 Å². The molecule has 0 bridgehead atoms. The summed E-state index contributed by atoms with van der Waals surface area (Å²) in [5.74, 6) is -2.33. The summed E-state index contributed by atoms with van der Waals surface area (Å²) in [6.45, 7) is 3.75. The van der Waals surface area contributed by atoms with Crippen LogP contribution >= 0.6 is 0 Å². The molecule has 0 aromatic heterocycles. The fraction of sp³-hybridized carbons (Fsp3) is 0.222. The molecule has 0 aliphatic carbocycles. The molecule has 6 nitrogen and oxygen atoms in total. The summed E-state index contributed by atoms with van der Waals surface area (Å²) < 4.78 is 10.7. The topological polar surface area (TPSA) is 93.1 Å². The molecule has 0 fully saturated rings. The van der Waals surface area contributed by atoms with Gasteiger partial charge in [-0.1, -0.05) is 35.4 Å². The van der Waals surface area contributed by atoms with Crippen LogP contribution in [-0.2, 0) is 9.59 Å². The summed E-state index contributed by atoms with van der Waals surface area (Å²) in [4.78, 5) is 23.0. The van der Waals surface area contributed by atoms with Crippen LogP contribution in [0.5, 0.6) is 11.5 Å². The predicted octanol–water partition coefficient (Wildman–Crippen LogP) is 2.67. The lowest BCUT2D eigenvalue weighted by Crippen LogP contribution is -2.47. The molecule has 2 aromatic rings. The fourth-order valence-corrected chi connectivity index (χ4v) is 2.01. The maximum Gasteiger partial charge on any atom is 0.349 e. The Labute approximate surface area is 139 Å². The van der Waals surface area contributed by atoms with Crippen molar-refractivity contribution in [1.82, 2.24) is 0 Å². The van der Waals surface area contributed by atoms with Gasteiger partial charge in [0.2, 0.25) is 12.2 Å². The number of benzene rings is 2. The zero-order valence-electron chi connectivity index (χ0n) is 13.3. The Morgan fingerprint density at radius 1 is 0.708 bits per heavy atom. The average Bonchev–Trinajstić information content (AvgIpc) is 2.54. The first-order valence-electron chi connectivity index (χ1n) is 7.29. The van der Waals surface area contributed by atoms with Gasteiger partial charge < -0.3 is 19.7 Å². The van der Waals surface area contributed by atoms with E-state index in [-0.39, 0.29) is 11.5 Å². The Bertz CT molecular complexity index is 642. The van der Waals surface area contributed by atoms with E-state index < -0.39 is 24.1 Å². The van der Waals surface area contributed by atoms with Gasteiger partial charge in [0.25, 0.3) is 0 Å². The zero-order chi connectivity index (χ0) is 17.7. The molecule has 0 saturated heterocycles. The number of carboxylic acids is 2. The van der Waals surface area contributed by atoms with E-state index in [9.17, 15) is 19.8 Å². The fourth-order valence-electron chi connectivity index (χ4n) is 2.01. The molecule has 2 N–H and O–H groups in total. The Balaban J connectivity index is 2.23.